The Morgan fingerprint density at radius 3 is 2.89 bits per heavy atom. The third-order valence-electron chi connectivity index (χ3n) is 6.88. The minimum absolute atomic E-state index is 0.152. The van der Waals surface area contributed by atoms with Gasteiger partial charge in [0.25, 0.3) is 0 Å². The number of hydrogen-bond acceptors (Lipinski definition) is 10. The highest BCUT2D eigenvalue weighted by molar-refractivity contribution is 5.94. The maximum Gasteiger partial charge on any atom is 0.231 e. The average Bonchev–Trinajstić information content (AvgIpc) is 3.39. The first-order valence-corrected chi connectivity index (χ1v) is 13.3. The third kappa shape index (κ3) is 6.20. The second kappa shape index (κ2) is 12.5. The summed E-state index contributed by atoms with van der Waals surface area (Å²) in [5.41, 5.74) is 2.73. The van der Waals surface area contributed by atoms with Gasteiger partial charge in [0.2, 0.25) is 6.79 Å². The molecule has 0 amide bonds. The zero-order chi connectivity index (χ0) is 26.3. The van der Waals surface area contributed by atoms with Crippen molar-refractivity contribution >= 4 is 22.4 Å². The summed E-state index contributed by atoms with van der Waals surface area (Å²) in [6.07, 6.45) is 5.51. The van der Waals surface area contributed by atoms with E-state index in [1.165, 1.54) is 0 Å². The molecule has 0 unspecified atom stereocenters. The van der Waals surface area contributed by atoms with Crippen LogP contribution in [0, 0.1) is 0 Å². The molecule has 2 aromatic carbocycles. The molecule has 0 saturated heterocycles. The van der Waals surface area contributed by atoms with Crippen LogP contribution in [0.3, 0.4) is 0 Å². The van der Waals surface area contributed by atoms with Crippen LogP contribution in [-0.2, 0) is 6.54 Å². The highest BCUT2D eigenvalue weighted by atomic mass is 16.7. The monoisotopic (exact) mass is 523 g/mol. The Morgan fingerprint density at radius 1 is 1.08 bits per heavy atom. The van der Waals surface area contributed by atoms with Gasteiger partial charge in [-0.3, -0.25) is 0 Å². The van der Waals surface area contributed by atoms with Gasteiger partial charge in [-0.2, -0.15) is 0 Å². The average molecular weight is 524 g/mol. The molecule has 1 aromatic heterocycles. The molecule has 2 bridgehead atoms. The van der Waals surface area contributed by atoms with E-state index in [1.54, 1.807) is 6.33 Å². The second-order valence-electron chi connectivity index (χ2n) is 9.87. The minimum Gasteiger partial charge on any atom is -0.490 e. The number of aliphatic hydroxyl groups excluding tert-OH is 1. The topological polar surface area (TPSA) is 101 Å². The van der Waals surface area contributed by atoms with E-state index in [2.05, 4.69) is 38.2 Å². The quantitative estimate of drug-likeness (QED) is 0.445. The van der Waals surface area contributed by atoms with Gasteiger partial charge < -0.3 is 39.2 Å². The van der Waals surface area contributed by atoms with E-state index in [9.17, 15) is 0 Å². The standard InChI is InChI=1S/C28H37N5O5/c1-32(11-12-34)10-6-14-36-25-16-22-21-15-24(25)35-13-5-3-4-9-33(2)17-20-7-8-23-27(38-19-37-23)26(20)31-28(21)30-18-29-22/h7-8,15-16,18,34H,3-6,9-14,17,19H2,1-2H3,(H,29,30,31). The van der Waals surface area contributed by atoms with Crippen LogP contribution in [-0.4, -0.2) is 85.2 Å². The van der Waals surface area contributed by atoms with E-state index in [4.69, 9.17) is 24.1 Å². The molecule has 38 heavy (non-hydrogen) atoms. The maximum atomic E-state index is 9.12. The summed E-state index contributed by atoms with van der Waals surface area (Å²) in [5, 5.41) is 13.5. The van der Waals surface area contributed by atoms with Crippen LogP contribution in [0.2, 0.25) is 0 Å². The van der Waals surface area contributed by atoms with Crippen molar-refractivity contribution in [3.8, 4) is 23.0 Å². The highest BCUT2D eigenvalue weighted by Gasteiger charge is 2.23. The lowest BCUT2D eigenvalue weighted by molar-refractivity contribution is 0.174. The van der Waals surface area contributed by atoms with Crippen LogP contribution in [0.15, 0.2) is 30.6 Å². The molecule has 2 aliphatic heterocycles. The number of rotatable bonds is 7. The minimum atomic E-state index is 0.152. The molecule has 10 nitrogen and oxygen atoms in total. The fourth-order valence-corrected chi connectivity index (χ4v) is 4.80. The van der Waals surface area contributed by atoms with E-state index in [-0.39, 0.29) is 13.4 Å². The van der Waals surface area contributed by atoms with E-state index in [1.807, 2.05) is 25.2 Å². The molecule has 2 N–H and O–H groups in total. The molecular formula is C28H37N5O5. The SMILES string of the molecule is CN(CCO)CCCOc1cc2ncnc3c2cc1OCCCCCN(C)Cc1ccc2c(c1N3)OCO2. The number of hydrogen-bond donors (Lipinski definition) is 2. The fraction of sp³-hybridized carbons (Fsp3) is 0.500. The van der Waals surface area contributed by atoms with Gasteiger partial charge in [-0.15, -0.1) is 0 Å². The predicted octanol–water partition coefficient (Wildman–Crippen LogP) is 3.79. The summed E-state index contributed by atoms with van der Waals surface area (Å²) < 4.78 is 24.0. The smallest absolute Gasteiger partial charge is 0.231 e. The molecule has 0 atom stereocenters. The van der Waals surface area contributed by atoms with Gasteiger partial charge in [-0.1, -0.05) is 6.07 Å². The molecule has 3 heterocycles. The van der Waals surface area contributed by atoms with Gasteiger partial charge >= 0.3 is 0 Å². The molecule has 0 saturated carbocycles. The van der Waals surface area contributed by atoms with Crippen LogP contribution in [0.25, 0.3) is 10.9 Å². The number of ether oxygens (including phenoxy) is 4. The molecule has 0 radical (unpaired) electrons. The summed E-state index contributed by atoms with van der Waals surface area (Å²) in [5.74, 6) is 3.45. The van der Waals surface area contributed by atoms with Crippen molar-refractivity contribution in [3.05, 3.63) is 36.2 Å². The number of aromatic nitrogens is 2. The molecular weight excluding hydrogens is 486 g/mol. The Kier molecular flexibility index (Phi) is 8.62. The van der Waals surface area contributed by atoms with Crippen molar-refractivity contribution in [2.75, 3.05) is 65.7 Å². The van der Waals surface area contributed by atoms with Crippen molar-refractivity contribution < 1.29 is 24.1 Å². The number of aliphatic hydroxyl groups is 1. The number of benzene rings is 2. The third-order valence-corrected chi connectivity index (χ3v) is 6.88. The normalized spacial score (nSPS) is 16.0. The summed E-state index contributed by atoms with van der Waals surface area (Å²) >= 11 is 0. The lowest BCUT2D eigenvalue weighted by atomic mass is 10.1. The van der Waals surface area contributed by atoms with Crippen molar-refractivity contribution in [2.45, 2.75) is 32.2 Å². The summed E-state index contributed by atoms with van der Waals surface area (Å²) in [4.78, 5) is 13.5. The fourth-order valence-electron chi connectivity index (χ4n) is 4.80. The second-order valence-corrected chi connectivity index (χ2v) is 9.87. The molecule has 0 spiro atoms. The Hall–Kier alpha value is -3.34. The summed E-state index contributed by atoms with van der Waals surface area (Å²) in [7, 11) is 4.13. The summed E-state index contributed by atoms with van der Waals surface area (Å²) in [6.45, 7) is 4.74. The Morgan fingerprint density at radius 2 is 2.00 bits per heavy atom. The van der Waals surface area contributed by atoms with Crippen molar-refractivity contribution in [1.82, 2.24) is 19.8 Å². The number of anilines is 2. The van der Waals surface area contributed by atoms with Gasteiger partial charge in [0.15, 0.2) is 23.0 Å². The Bertz CT molecular complexity index is 1240. The highest BCUT2D eigenvalue weighted by Crippen LogP contribution is 2.44. The number of fused-ring (bicyclic) bond motifs is 4. The Labute approximate surface area is 223 Å². The van der Waals surface area contributed by atoms with E-state index in [0.717, 1.165) is 73.2 Å². The van der Waals surface area contributed by atoms with E-state index in [0.29, 0.717) is 42.8 Å². The lowest BCUT2D eigenvalue weighted by Crippen LogP contribution is -2.24. The molecule has 204 valence electrons. The predicted molar refractivity (Wildman–Crippen MR) is 146 cm³/mol. The first-order chi connectivity index (χ1) is 18.6. The number of nitrogens with one attached hydrogen (secondary N) is 1. The molecule has 0 aliphatic carbocycles. The van der Waals surface area contributed by atoms with Crippen LogP contribution in [0.4, 0.5) is 11.5 Å². The molecule has 10 heteroatoms. The molecule has 5 rings (SSSR count). The lowest BCUT2D eigenvalue weighted by Gasteiger charge is -2.20. The summed E-state index contributed by atoms with van der Waals surface area (Å²) in [6, 6.07) is 7.96. The van der Waals surface area contributed by atoms with Crippen molar-refractivity contribution in [3.63, 3.8) is 0 Å². The van der Waals surface area contributed by atoms with Crippen molar-refractivity contribution in [2.24, 2.45) is 0 Å². The maximum absolute atomic E-state index is 9.12. The first kappa shape index (κ1) is 26.3. The largest absolute Gasteiger partial charge is 0.490 e. The van der Waals surface area contributed by atoms with Crippen LogP contribution < -0.4 is 24.3 Å². The van der Waals surface area contributed by atoms with Crippen molar-refractivity contribution in [1.29, 1.82) is 0 Å². The number of nitrogens with zero attached hydrogens (tertiary/aromatic N) is 4. The van der Waals surface area contributed by atoms with Crippen LogP contribution in [0.5, 0.6) is 23.0 Å². The zero-order valence-electron chi connectivity index (χ0n) is 22.2. The Balaban J connectivity index is 1.47. The van der Waals surface area contributed by atoms with E-state index >= 15 is 0 Å². The van der Waals surface area contributed by atoms with Gasteiger partial charge in [-0.25, -0.2) is 9.97 Å². The first-order valence-electron chi connectivity index (χ1n) is 13.3. The van der Waals surface area contributed by atoms with Gasteiger partial charge in [0.05, 0.1) is 31.0 Å². The van der Waals surface area contributed by atoms with Gasteiger partial charge in [-0.05, 0) is 64.0 Å². The van der Waals surface area contributed by atoms with Crippen LogP contribution >= 0.6 is 0 Å². The van der Waals surface area contributed by atoms with E-state index < -0.39 is 0 Å². The van der Waals surface area contributed by atoms with Gasteiger partial charge in [0, 0.05) is 31.1 Å². The number of likely N-dealkylation sites (N-methyl/N-ethyl adjacent to an activating group) is 1. The van der Waals surface area contributed by atoms with Crippen LogP contribution in [0.1, 0.15) is 31.2 Å². The van der Waals surface area contributed by atoms with Gasteiger partial charge in [0.1, 0.15) is 12.1 Å². The molecule has 2 aliphatic rings. The molecule has 3 aromatic rings. The zero-order valence-corrected chi connectivity index (χ0v) is 22.2. The molecule has 0 fully saturated rings.